The molecular weight excluding hydrogens is 172 g/mol. The Bertz CT molecular complexity index is 261. The molecule has 0 aliphatic carbocycles. The Labute approximate surface area is 86.4 Å². The largest absolute Gasteiger partial charge is 0.494 e. The predicted octanol–water partition coefficient (Wildman–Crippen LogP) is 3.59. The highest BCUT2D eigenvalue weighted by Crippen LogP contribution is 2.13. The molecule has 0 amide bonds. The van der Waals surface area contributed by atoms with Crippen LogP contribution in [-0.2, 0) is 6.42 Å². The zero-order chi connectivity index (χ0) is 10.2. The first-order valence-corrected chi connectivity index (χ1v) is 5.19. The van der Waals surface area contributed by atoms with Crippen LogP contribution >= 0.6 is 0 Å². The maximum atomic E-state index is 5.37. The molecule has 0 fully saturated rings. The predicted molar refractivity (Wildman–Crippen MR) is 60.7 cm³/mol. The molecule has 0 bridgehead atoms. The molecule has 0 heterocycles. The van der Waals surface area contributed by atoms with E-state index in [1.54, 1.807) is 0 Å². The van der Waals surface area contributed by atoms with Crippen LogP contribution in [-0.4, -0.2) is 6.61 Å². The second kappa shape index (κ2) is 6.25. The van der Waals surface area contributed by atoms with Crippen molar-refractivity contribution < 1.29 is 4.74 Å². The van der Waals surface area contributed by atoms with Gasteiger partial charge in [-0.25, -0.2) is 0 Å². The second-order valence-electron chi connectivity index (χ2n) is 3.26. The smallest absolute Gasteiger partial charge is 0.119 e. The number of hydrogen-bond donors (Lipinski definition) is 0. The molecule has 1 aromatic carbocycles. The van der Waals surface area contributed by atoms with E-state index in [1.165, 1.54) is 12.0 Å². The van der Waals surface area contributed by atoms with Gasteiger partial charge in [-0.2, -0.15) is 0 Å². The Morgan fingerprint density at radius 1 is 1.29 bits per heavy atom. The van der Waals surface area contributed by atoms with Gasteiger partial charge in [0, 0.05) is 0 Å². The molecule has 14 heavy (non-hydrogen) atoms. The average Bonchev–Trinajstić information content (AvgIpc) is 2.21. The zero-order valence-corrected chi connectivity index (χ0v) is 8.83. The molecule has 0 aliphatic rings. The Morgan fingerprint density at radius 2 is 2.00 bits per heavy atom. The highest BCUT2D eigenvalue weighted by Gasteiger charge is 1.94. The van der Waals surface area contributed by atoms with Gasteiger partial charge in [0.15, 0.2) is 0 Å². The number of ether oxygens (including phenoxy) is 1. The first kappa shape index (κ1) is 10.8. The number of allylic oxidation sites excluding steroid dienone is 1. The van der Waals surface area contributed by atoms with Gasteiger partial charge in [-0.05, 0) is 43.9 Å². The summed E-state index contributed by atoms with van der Waals surface area (Å²) >= 11 is 0. The maximum absolute atomic E-state index is 5.37. The van der Waals surface area contributed by atoms with E-state index in [2.05, 4.69) is 18.7 Å². The number of rotatable bonds is 6. The summed E-state index contributed by atoms with van der Waals surface area (Å²) in [6, 6.07) is 8.33. The van der Waals surface area contributed by atoms with Gasteiger partial charge < -0.3 is 4.74 Å². The molecule has 0 radical (unpaired) electrons. The number of aryl methyl sites for hydroxylation is 1. The standard InChI is InChI=1S/C13H18O/c1-3-5-6-7-12-8-10-13(11-9-12)14-4-2/h3,8-11H,1,4-7H2,2H3. The average molecular weight is 190 g/mol. The van der Waals surface area contributed by atoms with Gasteiger partial charge in [-0.1, -0.05) is 18.2 Å². The molecule has 1 rings (SSSR count). The van der Waals surface area contributed by atoms with Crippen molar-refractivity contribution in [1.29, 1.82) is 0 Å². The lowest BCUT2D eigenvalue weighted by atomic mass is 10.1. The molecule has 0 saturated heterocycles. The zero-order valence-electron chi connectivity index (χ0n) is 8.83. The summed E-state index contributed by atoms with van der Waals surface area (Å²) in [5.41, 5.74) is 1.37. The topological polar surface area (TPSA) is 9.23 Å². The molecule has 0 aliphatic heterocycles. The first-order chi connectivity index (χ1) is 6.86. The molecule has 76 valence electrons. The van der Waals surface area contributed by atoms with Gasteiger partial charge in [0.2, 0.25) is 0 Å². The fraction of sp³-hybridized carbons (Fsp3) is 0.385. The van der Waals surface area contributed by atoms with Gasteiger partial charge in [0.05, 0.1) is 6.61 Å². The molecule has 0 atom stereocenters. The molecule has 1 nitrogen and oxygen atoms in total. The van der Waals surface area contributed by atoms with Crippen LogP contribution in [0.15, 0.2) is 36.9 Å². The molecule has 0 N–H and O–H groups in total. The molecule has 0 unspecified atom stereocenters. The summed E-state index contributed by atoms with van der Waals surface area (Å²) in [5, 5.41) is 0. The minimum atomic E-state index is 0.732. The molecule has 1 aromatic rings. The SMILES string of the molecule is C=CCCCc1ccc(OCC)cc1. The highest BCUT2D eigenvalue weighted by atomic mass is 16.5. The van der Waals surface area contributed by atoms with Crippen molar-refractivity contribution in [3.63, 3.8) is 0 Å². The van der Waals surface area contributed by atoms with Crippen molar-refractivity contribution in [2.75, 3.05) is 6.61 Å². The van der Waals surface area contributed by atoms with Crippen LogP contribution in [0.4, 0.5) is 0 Å². The third kappa shape index (κ3) is 3.65. The van der Waals surface area contributed by atoms with E-state index in [9.17, 15) is 0 Å². The number of hydrogen-bond acceptors (Lipinski definition) is 1. The van der Waals surface area contributed by atoms with E-state index in [-0.39, 0.29) is 0 Å². The van der Waals surface area contributed by atoms with Crippen LogP contribution in [0.3, 0.4) is 0 Å². The van der Waals surface area contributed by atoms with E-state index >= 15 is 0 Å². The van der Waals surface area contributed by atoms with Crippen LogP contribution < -0.4 is 4.74 Å². The summed E-state index contributed by atoms with van der Waals surface area (Å²) in [4.78, 5) is 0. The molecule has 0 aromatic heterocycles. The third-order valence-corrected chi connectivity index (χ3v) is 2.11. The fourth-order valence-corrected chi connectivity index (χ4v) is 1.37. The summed E-state index contributed by atoms with van der Waals surface area (Å²) in [7, 11) is 0. The fourth-order valence-electron chi connectivity index (χ4n) is 1.37. The Balaban J connectivity index is 2.42. The van der Waals surface area contributed by atoms with E-state index < -0.39 is 0 Å². The van der Waals surface area contributed by atoms with Crippen LogP contribution in [0.25, 0.3) is 0 Å². The van der Waals surface area contributed by atoms with E-state index in [1.807, 2.05) is 25.1 Å². The van der Waals surface area contributed by atoms with Crippen LogP contribution in [0.5, 0.6) is 5.75 Å². The maximum Gasteiger partial charge on any atom is 0.119 e. The van der Waals surface area contributed by atoms with Gasteiger partial charge >= 0.3 is 0 Å². The van der Waals surface area contributed by atoms with Crippen molar-refractivity contribution in [3.8, 4) is 5.75 Å². The second-order valence-corrected chi connectivity index (χ2v) is 3.26. The van der Waals surface area contributed by atoms with Crippen LogP contribution in [0, 0.1) is 0 Å². The van der Waals surface area contributed by atoms with Crippen molar-refractivity contribution in [3.05, 3.63) is 42.5 Å². The minimum Gasteiger partial charge on any atom is -0.494 e. The lowest BCUT2D eigenvalue weighted by Crippen LogP contribution is -1.91. The summed E-state index contributed by atoms with van der Waals surface area (Å²) < 4.78 is 5.37. The lowest BCUT2D eigenvalue weighted by molar-refractivity contribution is 0.340. The third-order valence-electron chi connectivity index (χ3n) is 2.11. The van der Waals surface area contributed by atoms with Gasteiger partial charge in [-0.15, -0.1) is 6.58 Å². The Kier molecular flexibility index (Phi) is 4.84. The number of benzene rings is 1. The van der Waals surface area contributed by atoms with Crippen molar-refractivity contribution in [2.24, 2.45) is 0 Å². The summed E-state index contributed by atoms with van der Waals surface area (Å²) in [6.45, 7) is 6.44. The van der Waals surface area contributed by atoms with Crippen molar-refractivity contribution >= 4 is 0 Å². The quantitative estimate of drug-likeness (QED) is 0.492. The molecule has 0 saturated carbocycles. The lowest BCUT2D eigenvalue weighted by Gasteiger charge is -2.04. The van der Waals surface area contributed by atoms with E-state index in [0.717, 1.165) is 25.2 Å². The summed E-state index contributed by atoms with van der Waals surface area (Å²) in [6.07, 6.45) is 5.36. The Hall–Kier alpha value is -1.24. The minimum absolute atomic E-state index is 0.732. The van der Waals surface area contributed by atoms with Crippen LogP contribution in [0.2, 0.25) is 0 Å². The monoisotopic (exact) mass is 190 g/mol. The van der Waals surface area contributed by atoms with Gasteiger partial charge in [-0.3, -0.25) is 0 Å². The summed E-state index contributed by atoms with van der Waals surface area (Å²) in [5.74, 6) is 0.958. The Morgan fingerprint density at radius 3 is 2.57 bits per heavy atom. The van der Waals surface area contributed by atoms with Crippen LogP contribution in [0.1, 0.15) is 25.3 Å². The van der Waals surface area contributed by atoms with Crippen molar-refractivity contribution in [1.82, 2.24) is 0 Å². The highest BCUT2D eigenvalue weighted by molar-refractivity contribution is 5.27. The molecule has 1 heteroatoms. The van der Waals surface area contributed by atoms with Gasteiger partial charge in [0.25, 0.3) is 0 Å². The van der Waals surface area contributed by atoms with Crippen molar-refractivity contribution in [2.45, 2.75) is 26.2 Å². The van der Waals surface area contributed by atoms with E-state index in [4.69, 9.17) is 4.74 Å². The van der Waals surface area contributed by atoms with E-state index in [0.29, 0.717) is 0 Å². The molecular formula is C13H18O. The number of unbranched alkanes of at least 4 members (excludes halogenated alkanes) is 1. The van der Waals surface area contributed by atoms with Gasteiger partial charge in [0.1, 0.15) is 5.75 Å². The first-order valence-electron chi connectivity index (χ1n) is 5.19. The normalized spacial score (nSPS) is 9.79. The molecule has 0 spiro atoms.